The van der Waals surface area contributed by atoms with Crippen LogP contribution in [0.25, 0.3) is 0 Å². The number of rotatable bonds is 6. The summed E-state index contributed by atoms with van der Waals surface area (Å²) in [5.74, 6) is 2.46. The summed E-state index contributed by atoms with van der Waals surface area (Å²) in [6.07, 6.45) is 2.90. The lowest BCUT2D eigenvalue weighted by molar-refractivity contribution is 0.401. The van der Waals surface area contributed by atoms with Crippen molar-refractivity contribution >= 4 is 0 Å². The minimum atomic E-state index is 0.309. The summed E-state index contributed by atoms with van der Waals surface area (Å²) in [6, 6.07) is 0.309. The Labute approximate surface area is 82.3 Å². The Bertz CT molecular complexity index is 133. The van der Waals surface area contributed by atoms with Gasteiger partial charge in [0.15, 0.2) is 0 Å². The SMILES string of the molecule is CC(N)C(C)CNCC(C)C1CC1. The summed E-state index contributed by atoms with van der Waals surface area (Å²) < 4.78 is 0. The molecular weight excluding hydrogens is 160 g/mol. The smallest absolute Gasteiger partial charge is 0.00482 e. The average molecular weight is 184 g/mol. The quantitative estimate of drug-likeness (QED) is 0.658. The van der Waals surface area contributed by atoms with Crippen LogP contribution in [-0.2, 0) is 0 Å². The fourth-order valence-electron chi connectivity index (χ4n) is 1.56. The summed E-state index contributed by atoms with van der Waals surface area (Å²) in [7, 11) is 0. The van der Waals surface area contributed by atoms with Gasteiger partial charge in [-0.25, -0.2) is 0 Å². The first-order valence-electron chi connectivity index (χ1n) is 5.57. The largest absolute Gasteiger partial charge is 0.328 e. The van der Waals surface area contributed by atoms with Crippen molar-refractivity contribution in [1.29, 1.82) is 0 Å². The highest BCUT2D eigenvalue weighted by Crippen LogP contribution is 2.35. The molecule has 0 heterocycles. The van der Waals surface area contributed by atoms with Crippen LogP contribution >= 0.6 is 0 Å². The fourth-order valence-corrected chi connectivity index (χ4v) is 1.56. The van der Waals surface area contributed by atoms with Gasteiger partial charge >= 0.3 is 0 Å². The van der Waals surface area contributed by atoms with Crippen LogP contribution in [0.3, 0.4) is 0 Å². The van der Waals surface area contributed by atoms with Crippen LogP contribution in [0, 0.1) is 17.8 Å². The topological polar surface area (TPSA) is 38.0 Å². The van der Waals surface area contributed by atoms with Crippen molar-refractivity contribution < 1.29 is 0 Å². The zero-order valence-electron chi connectivity index (χ0n) is 9.22. The predicted molar refractivity (Wildman–Crippen MR) is 57.6 cm³/mol. The molecule has 0 aromatic rings. The van der Waals surface area contributed by atoms with E-state index >= 15 is 0 Å². The van der Waals surface area contributed by atoms with Gasteiger partial charge in [0.2, 0.25) is 0 Å². The molecule has 0 saturated heterocycles. The maximum atomic E-state index is 5.78. The van der Waals surface area contributed by atoms with Gasteiger partial charge in [-0.05, 0) is 50.6 Å². The van der Waals surface area contributed by atoms with E-state index in [4.69, 9.17) is 5.73 Å². The summed E-state index contributed by atoms with van der Waals surface area (Å²) in [6.45, 7) is 8.87. The molecule has 2 nitrogen and oxygen atoms in total. The molecule has 1 fully saturated rings. The summed E-state index contributed by atoms with van der Waals surface area (Å²) >= 11 is 0. The van der Waals surface area contributed by atoms with Crippen LogP contribution in [0.2, 0.25) is 0 Å². The van der Waals surface area contributed by atoms with E-state index in [-0.39, 0.29) is 0 Å². The van der Waals surface area contributed by atoms with Gasteiger partial charge < -0.3 is 11.1 Å². The minimum absolute atomic E-state index is 0.309. The Morgan fingerprint density at radius 2 is 1.85 bits per heavy atom. The maximum Gasteiger partial charge on any atom is 0.00482 e. The van der Waals surface area contributed by atoms with E-state index in [1.54, 1.807) is 0 Å². The lowest BCUT2D eigenvalue weighted by atomic mass is 10.0. The molecule has 2 heteroatoms. The molecule has 13 heavy (non-hydrogen) atoms. The molecule has 3 N–H and O–H groups in total. The molecule has 78 valence electrons. The molecule has 1 saturated carbocycles. The van der Waals surface area contributed by atoms with E-state index in [0.29, 0.717) is 12.0 Å². The molecule has 0 bridgehead atoms. The number of nitrogens with two attached hydrogens (primary N) is 1. The molecule has 0 amide bonds. The van der Waals surface area contributed by atoms with E-state index in [2.05, 4.69) is 26.1 Å². The van der Waals surface area contributed by atoms with Gasteiger partial charge in [0.1, 0.15) is 0 Å². The normalized spacial score (nSPS) is 24.0. The zero-order chi connectivity index (χ0) is 9.84. The number of nitrogens with one attached hydrogen (secondary N) is 1. The predicted octanol–water partition coefficient (Wildman–Crippen LogP) is 1.61. The third kappa shape index (κ3) is 4.10. The first-order valence-corrected chi connectivity index (χ1v) is 5.57. The van der Waals surface area contributed by atoms with Gasteiger partial charge in [0.25, 0.3) is 0 Å². The van der Waals surface area contributed by atoms with Gasteiger partial charge in [0.05, 0.1) is 0 Å². The standard InChI is InChI=1S/C11H24N2/c1-8(10(3)12)6-13-7-9(2)11-4-5-11/h8-11,13H,4-7,12H2,1-3H3. The molecule has 0 aromatic carbocycles. The molecule has 3 atom stereocenters. The molecule has 0 radical (unpaired) electrons. The van der Waals surface area contributed by atoms with Crippen LogP contribution < -0.4 is 11.1 Å². The highest BCUT2D eigenvalue weighted by Gasteiger charge is 2.27. The van der Waals surface area contributed by atoms with Crippen molar-refractivity contribution in [3.8, 4) is 0 Å². The average Bonchev–Trinajstić information content (AvgIpc) is 2.85. The van der Waals surface area contributed by atoms with Gasteiger partial charge in [-0.1, -0.05) is 13.8 Å². The second kappa shape index (κ2) is 4.97. The lowest BCUT2D eigenvalue weighted by Crippen LogP contribution is -2.35. The van der Waals surface area contributed by atoms with Crippen LogP contribution in [0.1, 0.15) is 33.6 Å². The first-order chi connectivity index (χ1) is 6.11. The zero-order valence-corrected chi connectivity index (χ0v) is 9.22. The van der Waals surface area contributed by atoms with Crippen LogP contribution in [-0.4, -0.2) is 19.1 Å². The Morgan fingerprint density at radius 3 is 2.31 bits per heavy atom. The van der Waals surface area contributed by atoms with Crippen molar-refractivity contribution in [2.75, 3.05) is 13.1 Å². The highest BCUT2D eigenvalue weighted by atomic mass is 14.9. The molecule has 0 aliphatic heterocycles. The third-order valence-electron chi connectivity index (χ3n) is 3.26. The fraction of sp³-hybridized carbons (Fsp3) is 1.00. The van der Waals surface area contributed by atoms with E-state index in [9.17, 15) is 0 Å². The van der Waals surface area contributed by atoms with Crippen molar-refractivity contribution in [2.24, 2.45) is 23.5 Å². The summed E-state index contributed by atoms with van der Waals surface area (Å²) in [5, 5.41) is 3.51. The second-order valence-electron chi connectivity index (χ2n) is 4.81. The van der Waals surface area contributed by atoms with Gasteiger partial charge in [-0.2, -0.15) is 0 Å². The molecule has 1 rings (SSSR count). The Morgan fingerprint density at radius 1 is 1.23 bits per heavy atom. The molecule has 0 aromatic heterocycles. The van der Waals surface area contributed by atoms with Crippen molar-refractivity contribution in [3.63, 3.8) is 0 Å². The van der Waals surface area contributed by atoms with Gasteiger partial charge in [0, 0.05) is 6.04 Å². The third-order valence-corrected chi connectivity index (χ3v) is 3.26. The Kier molecular flexibility index (Phi) is 4.20. The van der Waals surface area contributed by atoms with Gasteiger partial charge in [-0.3, -0.25) is 0 Å². The van der Waals surface area contributed by atoms with E-state index in [1.807, 2.05) is 0 Å². The van der Waals surface area contributed by atoms with Crippen LogP contribution in [0.5, 0.6) is 0 Å². The Balaban J connectivity index is 1.99. The lowest BCUT2D eigenvalue weighted by Gasteiger charge is -2.18. The van der Waals surface area contributed by atoms with Gasteiger partial charge in [-0.15, -0.1) is 0 Å². The van der Waals surface area contributed by atoms with Crippen molar-refractivity contribution in [3.05, 3.63) is 0 Å². The van der Waals surface area contributed by atoms with Crippen molar-refractivity contribution in [2.45, 2.75) is 39.7 Å². The second-order valence-corrected chi connectivity index (χ2v) is 4.81. The first kappa shape index (κ1) is 11.0. The summed E-state index contributed by atoms with van der Waals surface area (Å²) in [5.41, 5.74) is 5.78. The van der Waals surface area contributed by atoms with E-state index in [0.717, 1.165) is 18.4 Å². The Hall–Kier alpha value is -0.0800. The molecule has 3 unspecified atom stereocenters. The highest BCUT2D eigenvalue weighted by molar-refractivity contribution is 4.80. The van der Waals surface area contributed by atoms with E-state index < -0.39 is 0 Å². The van der Waals surface area contributed by atoms with E-state index in [1.165, 1.54) is 19.4 Å². The number of hydrogen-bond donors (Lipinski definition) is 2. The monoisotopic (exact) mass is 184 g/mol. The minimum Gasteiger partial charge on any atom is -0.328 e. The maximum absolute atomic E-state index is 5.78. The molecule has 0 spiro atoms. The van der Waals surface area contributed by atoms with Crippen molar-refractivity contribution in [1.82, 2.24) is 5.32 Å². The van der Waals surface area contributed by atoms with Crippen LogP contribution in [0.4, 0.5) is 0 Å². The molecular formula is C11H24N2. The molecule has 1 aliphatic carbocycles. The molecule has 1 aliphatic rings. The summed E-state index contributed by atoms with van der Waals surface area (Å²) in [4.78, 5) is 0. The number of hydrogen-bond acceptors (Lipinski definition) is 2. The van der Waals surface area contributed by atoms with Crippen LogP contribution in [0.15, 0.2) is 0 Å².